The van der Waals surface area contributed by atoms with Crippen molar-refractivity contribution >= 4 is 28.5 Å². The highest BCUT2D eigenvalue weighted by molar-refractivity contribution is 5.91. The Balaban J connectivity index is 1.48. The zero-order valence-corrected chi connectivity index (χ0v) is 16.4. The number of hydrogen-bond donors (Lipinski definition) is 3. The number of carbonyl (C=O) groups excluding carboxylic acids is 2. The summed E-state index contributed by atoms with van der Waals surface area (Å²) in [7, 11) is 1.82. The molecular weight excluding hydrogens is 354 g/mol. The summed E-state index contributed by atoms with van der Waals surface area (Å²) < 4.78 is 5.79. The molecule has 146 valence electrons. The van der Waals surface area contributed by atoms with Gasteiger partial charge in [-0.25, -0.2) is 0 Å². The summed E-state index contributed by atoms with van der Waals surface area (Å²) in [6.45, 7) is 4.29. The van der Waals surface area contributed by atoms with Gasteiger partial charge >= 0.3 is 0 Å². The number of nitrogens with one attached hydrogen (secondary N) is 3. The van der Waals surface area contributed by atoms with Crippen LogP contribution in [0.1, 0.15) is 24.3 Å². The molecule has 0 aliphatic rings. The number of anilines is 1. The Morgan fingerprint density at radius 1 is 1.04 bits per heavy atom. The van der Waals surface area contributed by atoms with E-state index in [2.05, 4.69) is 10.6 Å². The first-order chi connectivity index (χ1) is 13.4. The molecule has 0 saturated heterocycles. The van der Waals surface area contributed by atoms with Gasteiger partial charge in [0.2, 0.25) is 0 Å². The van der Waals surface area contributed by atoms with Crippen LogP contribution in [0.2, 0.25) is 0 Å². The second-order valence-electron chi connectivity index (χ2n) is 7.20. The molecule has 0 radical (unpaired) electrons. The second-order valence-corrected chi connectivity index (χ2v) is 7.20. The molecular formula is C22H26N3O3+. The first-order valence-corrected chi connectivity index (χ1v) is 9.36. The van der Waals surface area contributed by atoms with Crippen molar-refractivity contribution in [3.63, 3.8) is 0 Å². The maximum absolute atomic E-state index is 12.3. The van der Waals surface area contributed by atoms with E-state index >= 15 is 0 Å². The predicted molar refractivity (Wildman–Crippen MR) is 109 cm³/mol. The summed E-state index contributed by atoms with van der Waals surface area (Å²) in [5.41, 5.74) is 2.69. The maximum Gasteiger partial charge on any atom is 0.279 e. The lowest BCUT2D eigenvalue weighted by Crippen LogP contribution is -3.11. The van der Waals surface area contributed by atoms with Gasteiger partial charge in [-0.2, -0.15) is 0 Å². The Hall–Kier alpha value is -3.12. The smallest absolute Gasteiger partial charge is 0.279 e. The number of rotatable bonds is 7. The van der Waals surface area contributed by atoms with Crippen LogP contribution in [0.25, 0.3) is 11.0 Å². The fourth-order valence-electron chi connectivity index (χ4n) is 3.03. The van der Waals surface area contributed by atoms with Gasteiger partial charge in [0, 0.05) is 11.1 Å². The number of fused-ring (bicyclic) bond motifs is 1. The summed E-state index contributed by atoms with van der Waals surface area (Å²) >= 11 is 0. The molecule has 2 aromatic carbocycles. The minimum atomic E-state index is -0.242. The number of furan rings is 1. The third kappa shape index (κ3) is 5.20. The molecule has 3 rings (SSSR count). The van der Waals surface area contributed by atoms with Gasteiger partial charge in [0.15, 0.2) is 13.1 Å². The average Bonchev–Trinajstić information content (AvgIpc) is 3.07. The molecule has 3 N–H and O–H groups in total. The first kappa shape index (κ1) is 19.6. The van der Waals surface area contributed by atoms with E-state index in [0.29, 0.717) is 5.76 Å². The molecule has 0 fully saturated rings. The van der Waals surface area contributed by atoms with E-state index in [0.717, 1.165) is 27.1 Å². The van der Waals surface area contributed by atoms with Crippen LogP contribution in [0.5, 0.6) is 0 Å². The molecule has 28 heavy (non-hydrogen) atoms. The molecule has 0 aliphatic heterocycles. The number of aryl methyl sites for hydroxylation is 1. The average molecular weight is 380 g/mol. The highest BCUT2D eigenvalue weighted by atomic mass is 16.3. The van der Waals surface area contributed by atoms with E-state index in [4.69, 9.17) is 4.42 Å². The van der Waals surface area contributed by atoms with E-state index in [1.807, 2.05) is 75.5 Å². The molecule has 1 heterocycles. The molecule has 1 unspecified atom stereocenters. The van der Waals surface area contributed by atoms with Crippen molar-refractivity contribution in [1.29, 1.82) is 0 Å². The topological polar surface area (TPSA) is 75.8 Å². The summed E-state index contributed by atoms with van der Waals surface area (Å²) in [6, 6.07) is 17.1. The van der Waals surface area contributed by atoms with Crippen molar-refractivity contribution in [3.8, 4) is 0 Å². The molecule has 3 aromatic rings. The summed E-state index contributed by atoms with van der Waals surface area (Å²) in [6.07, 6.45) is 0. The molecule has 2 amide bonds. The maximum atomic E-state index is 12.3. The van der Waals surface area contributed by atoms with Gasteiger partial charge in [0.05, 0.1) is 13.1 Å². The van der Waals surface area contributed by atoms with Crippen LogP contribution in [0.4, 0.5) is 5.69 Å². The van der Waals surface area contributed by atoms with Gasteiger partial charge in [-0.3, -0.25) is 9.59 Å². The Kier molecular flexibility index (Phi) is 6.11. The molecule has 6 heteroatoms. The second kappa shape index (κ2) is 8.71. The quantitative estimate of drug-likeness (QED) is 0.587. The molecule has 0 spiro atoms. The summed E-state index contributed by atoms with van der Waals surface area (Å²) in [4.78, 5) is 25.3. The van der Waals surface area contributed by atoms with E-state index in [1.54, 1.807) is 0 Å². The molecule has 1 aromatic heterocycles. The number of likely N-dealkylation sites (N-methyl/N-ethyl adjacent to an activating group) is 1. The van der Waals surface area contributed by atoms with Crippen molar-refractivity contribution in [1.82, 2.24) is 5.32 Å². The number of amides is 2. The summed E-state index contributed by atoms with van der Waals surface area (Å²) in [5, 5.41) is 6.79. The summed E-state index contributed by atoms with van der Waals surface area (Å²) in [5.74, 6) is 0.456. The van der Waals surface area contributed by atoms with Crippen molar-refractivity contribution in [2.24, 2.45) is 0 Å². The SMILES string of the molecule is Cc1ccc(NC(=O)C[NH+](C)CC(=O)N[C@@H](C)c2cc3ccccc3o2)cc1. The van der Waals surface area contributed by atoms with Crippen molar-refractivity contribution in [2.75, 3.05) is 25.5 Å². The van der Waals surface area contributed by atoms with Crippen LogP contribution in [0.3, 0.4) is 0 Å². The van der Waals surface area contributed by atoms with Gasteiger partial charge in [0.25, 0.3) is 11.8 Å². The van der Waals surface area contributed by atoms with Gasteiger partial charge < -0.3 is 20.0 Å². The van der Waals surface area contributed by atoms with Gasteiger partial charge in [-0.05, 0) is 38.1 Å². The van der Waals surface area contributed by atoms with Gasteiger partial charge in [-0.1, -0.05) is 35.9 Å². The largest absolute Gasteiger partial charge is 0.459 e. The number of para-hydroxylation sites is 1. The van der Waals surface area contributed by atoms with E-state index in [1.165, 1.54) is 0 Å². The minimum Gasteiger partial charge on any atom is -0.459 e. The monoisotopic (exact) mass is 380 g/mol. The van der Waals surface area contributed by atoms with E-state index < -0.39 is 0 Å². The number of quaternary nitrogens is 1. The Morgan fingerprint density at radius 2 is 1.71 bits per heavy atom. The fraction of sp³-hybridized carbons (Fsp3) is 0.273. The predicted octanol–water partition coefficient (Wildman–Crippen LogP) is 2.07. The Morgan fingerprint density at radius 3 is 2.43 bits per heavy atom. The lowest BCUT2D eigenvalue weighted by atomic mass is 10.2. The van der Waals surface area contributed by atoms with Gasteiger partial charge in [-0.15, -0.1) is 0 Å². The zero-order valence-electron chi connectivity index (χ0n) is 16.4. The van der Waals surface area contributed by atoms with Crippen molar-refractivity contribution in [2.45, 2.75) is 19.9 Å². The van der Waals surface area contributed by atoms with Crippen LogP contribution < -0.4 is 15.5 Å². The highest BCUT2D eigenvalue weighted by Crippen LogP contribution is 2.23. The molecule has 0 bridgehead atoms. The Bertz CT molecular complexity index is 930. The number of hydrogen-bond acceptors (Lipinski definition) is 3. The van der Waals surface area contributed by atoms with Crippen LogP contribution in [0, 0.1) is 6.92 Å². The lowest BCUT2D eigenvalue weighted by molar-refractivity contribution is -0.862. The van der Waals surface area contributed by atoms with Crippen LogP contribution in [-0.4, -0.2) is 32.0 Å². The van der Waals surface area contributed by atoms with Crippen molar-refractivity contribution < 1.29 is 18.9 Å². The molecule has 0 saturated carbocycles. The molecule has 0 aliphatic carbocycles. The normalized spacial score (nSPS) is 13.1. The minimum absolute atomic E-state index is 0.125. The molecule has 6 nitrogen and oxygen atoms in total. The van der Waals surface area contributed by atoms with E-state index in [9.17, 15) is 9.59 Å². The standard InChI is InChI=1S/C22H25N3O3/c1-15-8-10-18(11-9-15)24-22(27)14-25(3)13-21(26)23-16(2)20-12-17-6-4-5-7-19(17)28-20/h4-12,16H,13-14H2,1-3H3,(H,23,26)(H,24,27)/p+1/t16-/m0/s1. The highest BCUT2D eigenvalue weighted by Gasteiger charge is 2.18. The van der Waals surface area contributed by atoms with Crippen LogP contribution in [0.15, 0.2) is 59.0 Å². The van der Waals surface area contributed by atoms with E-state index in [-0.39, 0.29) is 30.9 Å². The zero-order chi connectivity index (χ0) is 20.1. The van der Waals surface area contributed by atoms with Crippen LogP contribution in [-0.2, 0) is 9.59 Å². The third-order valence-corrected chi connectivity index (χ3v) is 4.51. The fourth-order valence-corrected chi connectivity index (χ4v) is 3.03. The lowest BCUT2D eigenvalue weighted by Gasteiger charge is -2.16. The van der Waals surface area contributed by atoms with Gasteiger partial charge in [0.1, 0.15) is 11.3 Å². The number of carbonyl (C=O) groups is 2. The number of benzene rings is 2. The van der Waals surface area contributed by atoms with Crippen LogP contribution >= 0.6 is 0 Å². The Labute approximate surface area is 164 Å². The first-order valence-electron chi connectivity index (χ1n) is 9.36. The molecule has 2 atom stereocenters. The third-order valence-electron chi connectivity index (χ3n) is 4.51. The van der Waals surface area contributed by atoms with Crippen molar-refractivity contribution in [3.05, 3.63) is 65.9 Å².